The number of aliphatic carboxylic acids is 1. The lowest BCUT2D eigenvalue weighted by molar-refractivity contribution is -0.139. The number of benzene rings is 1. The molecule has 0 aliphatic rings. The Labute approximate surface area is 102 Å². The van der Waals surface area contributed by atoms with Crippen molar-refractivity contribution in [3.63, 3.8) is 0 Å². The Balaban J connectivity index is 2.41. The first-order valence-electron chi connectivity index (χ1n) is 5.78. The molecule has 0 aliphatic heterocycles. The van der Waals surface area contributed by atoms with Crippen LogP contribution >= 0.6 is 0 Å². The molecule has 4 heteroatoms. The second-order valence-corrected chi connectivity index (χ2v) is 4.02. The smallest absolute Gasteiger partial charge is 0.341 e. The summed E-state index contributed by atoms with van der Waals surface area (Å²) in [5.74, 6) is -0.382. The summed E-state index contributed by atoms with van der Waals surface area (Å²) >= 11 is 0. The molecule has 1 rings (SSSR count). The zero-order chi connectivity index (χ0) is 12.7. The third kappa shape index (κ3) is 5.36. The van der Waals surface area contributed by atoms with Crippen molar-refractivity contribution >= 4 is 5.97 Å². The maximum Gasteiger partial charge on any atom is 0.341 e. The zero-order valence-electron chi connectivity index (χ0n) is 10.3. The normalized spacial score (nSPS) is 12.1. The topological polar surface area (TPSA) is 58.6 Å². The molecule has 94 valence electrons. The average molecular weight is 237 g/mol. The summed E-state index contributed by atoms with van der Waals surface area (Å²) < 4.78 is 5.05. The van der Waals surface area contributed by atoms with Crippen LogP contribution < -0.4 is 10.1 Å². The van der Waals surface area contributed by atoms with Crippen molar-refractivity contribution in [1.82, 2.24) is 5.32 Å². The van der Waals surface area contributed by atoms with Gasteiger partial charge in [-0.25, -0.2) is 4.79 Å². The number of rotatable bonds is 7. The van der Waals surface area contributed by atoms with E-state index in [0.717, 1.165) is 18.5 Å². The number of hydrogen-bond acceptors (Lipinski definition) is 3. The van der Waals surface area contributed by atoms with Crippen LogP contribution in [0.1, 0.15) is 25.8 Å². The van der Waals surface area contributed by atoms with Gasteiger partial charge in [0.1, 0.15) is 5.75 Å². The molecule has 0 heterocycles. The predicted molar refractivity (Wildman–Crippen MR) is 66.2 cm³/mol. The standard InChI is InChI=1S/C13H19NO3/c1-3-10(2)14-8-11-4-6-12(7-5-11)17-9-13(15)16/h4-7,10,14H,3,8-9H2,1-2H3,(H,15,16)/t10-/m1/s1. The maximum atomic E-state index is 10.3. The fourth-order valence-corrected chi connectivity index (χ4v) is 1.29. The van der Waals surface area contributed by atoms with Gasteiger partial charge in [0.05, 0.1) is 0 Å². The zero-order valence-corrected chi connectivity index (χ0v) is 10.3. The number of carboxylic acid groups (broad SMARTS) is 1. The Bertz CT molecular complexity index is 348. The van der Waals surface area contributed by atoms with Crippen LogP contribution in [0.15, 0.2) is 24.3 Å². The molecule has 0 aromatic heterocycles. The molecule has 0 bridgehead atoms. The molecule has 0 unspecified atom stereocenters. The first-order chi connectivity index (χ1) is 8.11. The molecule has 0 saturated carbocycles. The van der Waals surface area contributed by atoms with Crippen LogP contribution in [0.3, 0.4) is 0 Å². The Morgan fingerprint density at radius 3 is 2.59 bits per heavy atom. The monoisotopic (exact) mass is 237 g/mol. The quantitative estimate of drug-likeness (QED) is 0.762. The van der Waals surface area contributed by atoms with Gasteiger partial charge in [-0.2, -0.15) is 0 Å². The van der Waals surface area contributed by atoms with Crippen LogP contribution in [-0.2, 0) is 11.3 Å². The molecule has 17 heavy (non-hydrogen) atoms. The van der Waals surface area contributed by atoms with Crippen molar-refractivity contribution in [2.75, 3.05) is 6.61 Å². The molecule has 0 aliphatic carbocycles. The highest BCUT2D eigenvalue weighted by atomic mass is 16.5. The van der Waals surface area contributed by atoms with Crippen LogP contribution in [-0.4, -0.2) is 23.7 Å². The lowest BCUT2D eigenvalue weighted by atomic mass is 10.2. The highest BCUT2D eigenvalue weighted by molar-refractivity contribution is 5.68. The van der Waals surface area contributed by atoms with E-state index in [1.54, 1.807) is 12.1 Å². The summed E-state index contributed by atoms with van der Waals surface area (Å²) in [7, 11) is 0. The number of nitrogens with one attached hydrogen (secondary N) is 1. The third-order valence-electron chi connectivity index (χ3n) is 2.55. The van der Waals surface area contributed by atoms with E-state index < -0.39 is 5.97 Å². The van der Waals surface area contributed by atoms with E-state index in [-0.39, 0.29) is 6.61 Å². The molecule has 2 N–H and O–H groups in total. The second-order valence-electron chi connectivity index (χ2n) is 4.02. The molecule has 0 radical (unpaired) electrons. The Morgan fingerprint density at radius 1 is 1.41 bits per heavy atom. The Hall–Kier alpha value is -1.55. The number of ether oxygens (including phenoxy) is 1. The lowest BCUT2D eigenvalue weighted by Crippen LogP contribution is -2.24. The largest absolute Gasteiger partial charge is 0.482 e. The van der Waals surface area contributed by atoms with Gasteiger partial charge in [0.2, 0.25) is 0 Å². The Morgan fingerprint density at radius 2 is 2.06 bits per heavy atom. The third-order valence-corrected chi connectivity index (χ3v) is 2.55. The summed E-state index contributed by atoms with van der Waals surface area (Å²) in [6, 6.07) is 7.95. The van der Waals surface area contributed by atoms with Crippen LogP contribution in [0.5, 0.6) is 5.75 Å². The van der Waals surface area contributed by atoms with E-state index in [2.05, 4.69) is 19.2 Å². The van der Waals surface area contributed by atoms with E-state index in [0.29, 0.717) is 11.8 Å². The van der Waals surface area contributed by atoms with Crippen LogP contribution in [0.25, 0.3) is 0 Å². The lowest BCUT2D eigenvalue weighted by Gasteiger charge is -2.11. The molecule has 0 spiro atoms. The fraction of sp³-hybridized carbons (Fsp3) is 0.462. The second kappa shape index (κ2) is 6.91. The van der Waals surface area contributed by atoms with Crippen molar-refractivity contribution in [3.05, 3.63) is 29.8 Å². The molecule has 1 aromatic rings. The minimum Gasteiger partial charge on any atom is -0.482 e. The van der Waals surface area contributed by atoms with Gasteiger partial charge in [-0.15, -0.1) is 0 Å². The van der Waals surface area contributed by atoms with Gasteiger partial charge in [0.25, 0.3) is 0 Å². The van der Waals surface area contributed by atoms with Gasteiger partial charge < -0.3 is 15.2 Å². The molecular weight excluding hydrogens is 218 g/mol. The fourth-order valence-electron chi connectivity index (χ4n) is 1.29. The van der Waals surface area contributed by atoms with Crippen molar-refractivity contribution in [2.45, 2.75) is 32.9 Å². The summed E-state index contributed by atoms with van der Waals surface area (Å²) in [5.41, 5.74) is 1.16. The van der Waals surface area contributed by atoms with Crippen LogP contribution in [0.2, 0.25) is 0 Å². The van der Waals surface area contributed by atoms with Crippen molar-refractivity contribution in [2.24, 2.45) is 0 Å². The summed E-state index contributed by atoms with van der Waals surface area (Å²) in [5, 5.41) is 11.9. The van der Waals surface area contributed by atoms with Crippen LogP contribution in [0.4, 0.5) is 0 Å². The molecule has 4 nitrogen and oxygen atoms in total. The van der Waals surface area contributed by atoms with E-state index in [1.807, 2.05) is 12.1 Å². The molecule has 0 amide bonds. The molecular formula is C13H19NO3. The van der Waals surface area contributed by atoms with Crippen molar-refractivity contribution < 1.29 is 14.6 Å². The summed E-state index contributed by atoms with van der Waals surface area (Å²) in [6.45, 7) is 4.80. The van der Waals surface area contributed by atoms with E-state index >= 15 is 0 Å². The van der Waals surface area contributed by atoms with E-state index in [1.165, 1.54) is 0 Å². The number of hydrogen-bond donors (Lipinski definition) is 2. The summed E-state index contributed by atoms with van der Waals surface area (Å²) in [4.78, 5) is 10.3. The SMILES string of the molecule is CC[C@@H](C)NCc1ccc(OCC(=O)O)cc1. The first kappa shape index (κ1) is 13.5. The highest BCUT2D eigenvalue weighted by Gasteiger charge is 2.01. The van der Waals surface area contributed by atoms with Gasteiger partial charge >= 0.3 is 5.97 Å². The predicted octanol–water partition coefficient (Wildman–Crippen LogP) is 2.04. The van der Waals surface area contributed by atoms with Crippen molar-refractivity contribution in [1.29, 1.82) is 0 Å². The van der Waals surface area contributed by atoms with Crippen LogP contribution in [0, 0.1) is 0 Å². The van der Waals surface area contributed by atoms with Gasteiger partial charge in [0, 0.05) is 12.6 Å². The minimum atomic E-state index is -0.965. The molecule has 1 atom stereocenters. The summed E-state index contributed by atoms with van der Waals surface area (Å²) in [6.07, 6.45) is 1.10. The van der Waals surface area contributed by atoms with Gasteiger partial charge in [-0.1, -0.05) is 19.1 Å². The van der Waals surface area contributed by atoms with E-state index in [4.69, 9.17) is 9.84 Å². The average Bonchev–Trinajstić information content (AvgIpc) is 2.34. The highest BCUT2D eigenvalue weighted by Crippen LogP contribution is 2.12. The molecule has 0 fully saturated rings. The van der Waals surface area contributed by atoms with Gasteiger partial charge in [0.15, 0.2) is 6.61 Å². The minimum absolute atomic E-state index is 0.301. The number of carbonyl (C=O) groups is 1. The van der Waals surface area contributed by atoms with Gasteiger partial charge in [-0.05, 0) is 31.0 Å². The first-order valence-corrected chi connectivity index (χ1v) is 5.78. The van der Waals surface area contributed by atoms with Gasteiger partial charge in [-0.3, -0.25) is 0 Å². The number of carboxylic acids is 1. The van der Waals surface area contributed by atoms with Crippen molar-refractivity contribution in [3.8, 4) is 5.75 Å². The molecule has 1 aromatic carbocycles. The Kier molecular flexibility index (Phi) is 5.49. The molecule has 0 saturated heterocycles. The van der Waals surface area contributed by atoms with E-state index in [9.17, 15) is 4.79 Å². The maximum absolute atomic E-state index is 10.3.